The molecule has 0 heterocycles. The molecular weight excluding hydrogens is 295 g/mol. The predicted molar refractivity (Wildman–Crippen MR) is 90.1 cm³/mol. The lowest BCUT2D eigenvalue weighted by molar-refractivity contribution is 0.0519. The van der Waals surface area contributed by atoms with Gasteiger partial charge in [-0.25, -0.2) is 9.18 Å². The van der Waals surface area contributed by atoms with Crippen LogP contribution in [0.5, 0.6) is 0 Å². The van der Waals surface area contributed by atoms with Gasteiger partial charge in [-0.1, -0.05) is 6.42 Å². The number of carbonyl (C=O) groups is 1. The molecule has 2 N–H and O–H groups in total. The third kappa shape index (κ3) is 5.73. The molecule has 0 bridgehead atoms. The van der Waals surface area contributed by atoms with Crippen molar-refractivity contribution >= 4 is 11.8 Å². The van der Waals surface area contributed by atoms with Gasteiger partial charge in [-0.2, -0.15) is 0 Å². The van der Waals surface area contributed by atoms with Gasteiger partial charge in [-0.05, 0) is 70.2 Å². The van der Waals surface area contributed by atoms with Gasteiger partial charge in [-0.15, -0.1) is 0 Å². The number of halogens is 1. The van der Waals surface area contributed by atoms with E-state index in [-0.39, 0.29) is 18.0 Å². The smallest absolute Gasteiger partial charge is 0.407 e. The second-order valence-electron chi connectivity index (χ2n) is 7.34. The van der Waals surface area contributed by atoms with Crippen LogP contribution in [0, 0.1) is 18.7 Å². The third-order valence-electron chi connectivity index (χ3n) is 3.96. The van der Waals surface area contributed by atoms with E-state index >= 15 is 0 Å². The van der Waals surface area contributed by atoms with Gasteiger partial charge in [0.25, 0.3) is 0 Å². The van der Waals surface area contributed by atoms with E-state index in [0.717, 1.165) is 30.5 Å². The molecule has 1 aliphatic rings. The van der Waals surface area contributed by atoms with Gasteiger partial charge < -0.3 is 15.4 Å². The van der Waals surface area contributed by atoms with Crippen LogP contribution in [-0.4, -0.2) is 24.3 Å². The summed E-state index contributed by atoms with van der Waals surface area (Å²) in [7, 11) is 0. The molecule has 0 aliphatic heterocycles. The van der Waals surface area contributed by atoms with E-state index in [1.54, 1.807) is 0 Å². The van der Waals surface area contributed by atoms with E-state index in [9.17, 15) is 9.18 Å². The summed E-state index contributed by atoms with van der Waals surface area (Å²) in [6.45, 7) is 7.99. The first-order valence-corrected chi connectivity index (χ1v) is 8.23. The molecule has 1 aromatic carbocycles. The fourth-order valence-corrected chi connectivity index (χ4v) is 3.03. The lowest BCUT2D eigenvalue weighted by Gasteiger charge is -2.24. The first-order valence-electron chi connectivity index (χ1n) is 8.23. The molecule has 2 atom stereocenters. The van der Waals surface area contributed by atoms with Crippen LogP contribution in [0.4, 0.5) is 14.9 Å². The summed E-state index contributed by atoms with van der Waals surface area (Å²) in [5, 5.41) is 6.26. The van der Waals surface area contributed by atoms with E-state index in [2.05, 4.69) is 10.6 Å². The van der Waals surface area contributed by atoms with Crippen molar-refractivity contribution in [3.8, 4) is 0 Å². The Morgan fingerprint density at radius 1 is 1.30 bits per heavy atom. The highest BCUT2D eigenvalue weighted by molar-refractivity contribution is 5.67. The van der Waals surface area contributed by atoms with Gasteiger partial charge in [-0.3, -0.25) is 0 Å². The molecule has 0 saturated heterocycles. The molecule has 23 heavy (non-hydrogen) atoms. The van der Waals surface area contributed by atoms with Crippen molar-refractivity contribution in [2.75, 3.05) is 11.9 Å². The Morgan fingerprint density at radius 2 is 2.04 bits per heavy atom. The minimum Gasteiger partial charge on any atom is -0.444 e. The van der Waals surface area contributed by atoms with Gasteiger partial charge >= 0.3 is 6.09 Å². The number of nitrogens with one attached hydrogen (secondary N) is 2. The lowest BCUT2D eigenvalue weighted by atomic mass is 10.0. The second-order valence-corrected chi connectivity index (χ2v) is 7.34. The molecule has 2 rings (SSSR count). The van der Waals surface area contributed by atoms with Crippen molar-refractivity contribution in [2.24, 2.45) is 5.92 Å². The average Bonchev–Trinajstić information content (AvgIpc) is 2.80. The molecule has 1 fully saturated rings. The van der Waals surface area contributed by atoms with Crippen molar-refractivity contribution in [1.82, 2.24) is 5.32 Å². The number of rotatable bonds is 4. The molecule has 1 saturated carbocycles. The zero-order valence-corrected chi connectivity index (χ0v) is 14.4. The second kappa shape index (κ2) is 7.20. The van der Waals surface area contributed by atoms with Crippen LogP contribution < -0.4 is 10.6 Å². The summed E-state index contributed by atoms with van der Waals surface area (Å²) in [4.78, 5) is 11.8. The number of hydrogen-bond donors (Lipinski definition) is 2. The summed E-state index contributed by atoms with van der Waals surface area (Å²) in [6.07, 6.45) is 2.79. The molecule has 1 aliphatic carbocycles. The fraction of sp³-hybridized carbons (Fsp3) is 0.611. The van der Waals surface area contributed by atoms with Crippen LogP contribution in [0.2, 0.25) is 0 Å². The minimum atomic E-state index is -0.490. The largest absolute Gasteiger partial charge is 0.444 e. The number of alkyl carbamates (subject to hydrolysis) is 1. The van der Waals surface area contributed by atoms with Crippen LogP contribution in [-0.2, 0) is 4.74 Å². The Morgan fingerprint density at radius 3 is 2.70 bits per heavy atom. The SMILES string of the molecule is Cc1cc(F)cc(NC2CCCC2CNC(=O)OC(C)(C)C)c1. The van der Waals surface area contributed by atoms with Gasteiger partial charge in [0.05, 0.1) is 0 Å². The van der Waals surface area contributed by atoms with E-state index in [0.29, 0.717) is 12.5 Å². The summed E-state index contributed by atoms with van der Waals surface area (Å²) in [5.41, 5.74) is 1.21. The Bertz CT molecular complexity index is 534. The highest BCUT2D eigenvalue weighted by atomic mass is 19.1. The van der Waals surface area contributed by atoms with Crippen molar-refractivity contribution < 1.29 is 13.9 Å². The maximum Gasteiger partial charge on any atom is 0.407 e. The summed E-state index contributed by atoms with van der Waals surface area (Å²) in [5.74, 6) is 0.0972. The summed E-state index contributed by atoms with van der Waals surface area (Å²) < 4.78 is 18.8. The molecule has 2 unspecified atom stereocenters. The molecule has 1 amide bonds. The Balaban J connectivity index is 1.89. The molecule has 0 spiro atoms. The maximum atomic E-state index is 13.5. The van der Waals surface area contributed by atoms with E-state index in [4.69, 9.17) is 4.74 Å². The van der Waals surface area contributed by atoms with Gasteiger partial charge in [0.2, 0.25) is 0 Å². The predicted octanol–water partition coefficient (Wildman–Crippen LogP) is 4.24. The zero-order valence-electron chi connectivity index (χ0n) is 14.4. The molecule has 128 valence electrons. The topological polar surface area (TPSA) is 50.4 Å². The number of hydrogen-bond acceptors (Lipinski definition) is 3. The van der Waals surface area contributed by atoms with E-state index in [1.807, 2.05) is 33.8 Å². The van der Waals surface area contributed by atoms with Crippen LogP contribution in [0.1, 0.15) is 45.6 Å². The highest BCUT2D eigenvalue weighted by Crippen LogP contribution is 2.28. The normalized spacial score (nSPS) is 21.1. The van der Waals surface area contributed by atoms with E-state index < -0.39 is 5.60 Å². The number of benzene rings is 1. The van der Waals surface area contributed by atoms with Crippen LogP contribution in [0.15, 0.2) is 18.2 Å². The Hall–Kier alpha value is -1.78. The summed E-state index contributed by atoms with van der Waals surface area (Å²) >= 11 is 0. The summed E-state index contributed by atoms with van der Waals surface area (Å²) in [6, 6.07) is 5.22. The van der Waals surface area contributed by atoms with Gasteiger partial charge in [0.1, 0.15) is 11.4 Å². The monoisotopic (exact) mass is 322 g/mol. The standard InChI is InChI=1S/C18H27FN2O2/c1-12-8-14(19)10-15(9-12)21-16-7-5-6-13(16)11-20-17(22)23-18(2,3)4/h8-10,13,16,21H,5-7,11H2,1-4H3,(H,20,22). The van der Waals surface area contributed by atoms with Crippen molar-refractivity contribution in [3.05, 3.63) is 29.6 Å². The number of aryl methyl sites for hydroxylation is 1. The number of carbonyl (C=O) groups excluding carboxylic acids is 1. The molecular formula is C18H27FN2O2. The van der Waals surface area contributed by atoms with Crippen molar-refractivity contribution in [2.45, 2.75) is 58.6 Å². The van der Waals surface area contributed by atoms with Crippen molar-refractivity contribution in [1.29, 1.82) is 0 Å². The lowest BCUT2D eigenvalue weighted by Crippen LogP contribution is -2.38. The van der Waals surface area contributed by atoms with Crippen molar-refractivity contribution in [3.63, 3.8) is 0 Å². The quantitative estimate of drug-likeness (QED) is 0.872. The van der Waals surface area contributed by atoms with Gasteiger partial charge in [0, 0.05) is 18.3 Å². The zero-order chi connectivity index (χ0) is 17.0. The third-order valence-corrected chi connectivity index (χ3v) is 3.96. The molecule has 0 radical (unpaired) electrons. The van der Waals surface area contributed by atoms with Crippen LogP contribution in [0.3, 0.4) is 0 Å². The molecule has 5 heteroatoms. The van der Waals surface area contributed by atoms with Crippen LogP contribution >= 0.6 is 0 Å². The number of anilines is 1. The maximum absolute atomic E-state index is 13.5. The first kappa shape index (κ1) is 17.6. The van der Waals surface area contributed by atoms with E-state index in [1.165, 1.54) is 12.1 Å². The number of ether oxygens (including phenoxy) is 1. The minimum absolute atomic E-state index is 0.228. The Labute approximate surface area is 137 Å². The molecule has 4 nitrogen and oxygen atoms in total. The van der Waals surface area contributed by atoms with Crippen LogP contribution in [0.25, 0.3) is 0 Å². The average molecular weight is 322 g/mol. The van der Waals surface area contributed by atoms with Gasteiger partial charge in [0.15, 0.2) is 0 Å². The molecule has 1 aromatic rings. The number of amides is 1. The Kier molecular flexibility index (Phi) is 5.50. The fourth-order valence-electron chi connectivity index (χ4n) is 3.03. The highest BCUT2D eigenvalue weighted by Gasteiger charge is 2.28. The first-order chi connectivity index (χ1) is 10.7. The molecule has 0 aromatic heterocycles.